The normalized spacial score (nSPS) is 19.3. The van der Waals surface area contributed by atoms with Gasteiger partial charge in [-0.2, -0.15) is 0 Å². The van der Waals surface area contributed by atoms with Crippen molar-refractivity contribution in [3.8, 4) is 0 Å². The number of halogens is 2. The van der Waals surface area contributed by atoms with Crippen LogP contribution in [0.25, 0.3) is 0 Å². The Hall–Kier alpha value is 0.0700. The Bertz CT molecular complexity index is 363. The largest absolute Gasteiger partial charge is 0.377 e. The molecule has 0 radical (unpaired) electrons. The molecule has 1 atom stereocenters. The average Bonchev–Trinajstić information content (AvgIpc) is 2.80. The molecule has 0 bridgehead atoms. The monoisotopic (exact) mass is 305 g/mol. The van der Waals surface area contributed by atoms with Gasteiger partial charge in [0, 0.05) is 40.4 Å². The Balaban J connectivity index is 1.62. The van der Waals surface area contributed by atoms with Gasteiger partial charge in [-0.3, -0.25) is 0 Å². The number of ether oxygens (including phenoxy) is 1. The van der Waals surface area contributed by atoms with E-state index >= 15 is 0 Å². The van der Waals surface area contributed by atoms with Crippen molar-refractivity contribution < 1.29 is 4.74 Å². The van der Waals surface area contributed by atoms with Crippen LogP contribution in [0, 0.1) is 0 Å². The minimum absolute atomic E-state index is 0.413. The van der Waals surface area contributed by atoms with E-state index < -0.39 is 0 Å². The molecule has 0 aromatic heterocycles. The van der Waals surface area contributed by atoms with E-state index in [1.54, 1.807) is 17.8 Å². The highest BCUT2D eigenvalue weighted by molar-refractivity contribution is 7.99. The zero-order valence-electron chi connectivity index (χ0n) is 10.1. The highest BCUT2D eigenvalue weighted by Gasteiger charge is 2.14. The predicted molar refractivity (Wildman–Crippen MR) is 79.0 cm³/mol. The van der Waals surface area contributed by atoms with E-state index in [0.29, 0.717) is 16.1 Å². The first-order chi connectivity index (χ1) is 8.74. The number of benzene rings is 1. The number of thioether (sulfide) groups is 1. The zero-order valence-corrected chi connectivity index (χ0v) is 12.5. The lowest BCUT2D eigenvalue weighted by Gasteiger charge is -2.10. The van der Waals surface area contributed by atoms with E-state index in [1.807, 2.05) is 12.1 Å². The molecule has 0 spiro atoms. The van der Waals surface area contributed by atoms with Gasteiger partial charge in [-0.1, -0.05) is 23.2 Å². The molecule has 100 valence electrons. The first-order valence-corrected chi connectivity index (χ1v) is 7.89. The molecule has 0 aliphatic carbocycles. The minimum atomic E-state index is 0.413. The van der Waals surface area contributed by atoms with Crippen LogP contribution in [-0.2, 0) is 4.74 Å². The van der Waals surface area contributed by atoms with Crippen molar-refractivity contribution in [3.05, 3.63) is 28.2 Å². The second kappa shape index (κ2) is 7.61. The highest BCUT2D eigenvalue weighted by atomic mass is 35.5. The average molecular weight is 306 g/mol. The van der Waals surface area contributed by atoms with Gasteiger partial charge in [0.1, 0.15) is 0 Å². The van der Waals surface area contributed by atoms with Crippen LogP contribution in [0.2, 0.25) is 10.0 Å². The summed E-state index contributed by atoms with van der Waals surface area (Å²) in [5.74, 6) is 1.00. The van der Waals surface area contributed by atoms with Crippen LogP contribution in [0.5, 0.6) is 0 Å². The Morgan fingerprint density at radius 1 is 1.28 bits per heavy atom. The summed E-state index contributed by atoms with van der Waals surface area (Å²) in [6.07, 6.45) is 2.79. The van der Waals surface area contributed by atoms with Gasteiger partial charge in [0.2, 0.25) is 0 Å². The summed E-state index contributed by atoms with van der Waals surface area (Å²) in [6, 6.07) is 5.64. The van der Waals surface area contributed by atoms with Crippen LogP contribution in [0.3, 0.4) is 0 Å². The van der Waals surface area contributed by atoms with Crippen LogP contribution in [0.15, 0.2) is 23.1 Å². The SMILES string of the molecule is Clc1cc(Cl)cc(SCCNCC2CCCO2)c1. The molecule has 1 aliphatic rings. The topological polar surface area (TPSA) is 21.3 Å². The van der Waals surface area contributed by atoms with Crippen molar-refractivity contribution in [2.45, 2.75) is 23.8 Å². The summed E-state index contributed by atoms with van der Waals surface area (Å²) in [4.78, 5) is 1.12. The molecule has 1 saturated heterocycles. The van der Waals surface area contributed by atoms with E-state index in [2.05, 4.69) is 5.32 Å². The van der Waals surface area contributed by atoms with Gasteiger partial charge in [-0.25, -0.2) is 0 Å². The third-order valence-electron chi connectivity index (χ3n) is 2.78. The predicted octanol–water partition coefficient (Wildman–Crippen LogP) is 3.85. The van der Waals surface area contributed by atoms with E-state index in [0.717, 1.165) is 30.3 Å². The Kier molecular flexibility index (Phi) is 6.12. The Morgan fingerprint density at radius 3 is 2.72 bits per heavy atom. The van der Waals surface area contributed by atoms with Gasteiger partial charge in [-0.15, -0.1) is 11.8 Å². The summed E-state index contributed by atoms with van der Waals surface area (Å²) in [5, 5.41) is 4.80. The maximum absolute atomic E-state index is 5.95. The maximum atomic E-state index is 5.95. The van der Waals surface area contributed by atoms with Crippen molar-refractivity contribution >= 4 is 35.0 Å². The van der Waals surface area contributed by atoms with Crippen molar-refractivity contribution in [2.75, 3.05) is 25.4 Å². The van der Waals surface area contributed by atoms with Crippen LogP contribution in [0.1, 0.15) is 12.8 Å². The van der Waals surface area contributed by atoms with Gasteiger partial charge in [0.15, 0.2) is 0 Å². The van der Waals surface area contributed by atoms with Crippen LogP contribution < -0.4 is 5.32 Å². The Morgan fingerprint density at radius 2 is 2.06 bits per heavy atom. The Labute approximate surface area is 122 Å². The molecular formula is C13H17Cl2NOS. The molecule has 1 aromatic carbocycles. The molecule has 1 unspecified atom stereocenters. The smallest absolute Gasteiger partial charge is 0.0700 e. The summed E-state index contributed by atoms with van der Waals surface area (Å²) < 4.78 is 5.55. The minimum Gasteiger partial charge on any atom is -0.377 e. The second-order valence-corrected chi connectivity index (χ2v) is 6.33. The van der Waals surface area contributed by atoms with E-state index in [9.17, 15) is 0 Å². The molecule has 18 heavy (non-hydrogen) atoms. The van der Waals surface area contributed by atoms with Gasteiger partial charge in [-0.05, 0) is 31.0 Å². The number of hydrogen-bond donors (Lipinski definition) is 1. The molecule has 1 heterocycles. The standard InChI is InChI=1S/C13H17Cl2NOS/c14-10-6-11(15)8-13(7-10)18-5-3-16-9-12-2-1-4-17-12/h6-8,12,16H,1-5,9H2. The lowest BCUT2D eigenvalue weighted by molar-refractivity contribution is 0.110. The zero-order chi connectivity index (χ0) is 12.8. The molecule has 0 amide bonds. The van der Waals surface area contributed by atoms with Gasteiger partial charge >= 0.3 is 0 Å². The second-order valence-electron chi connectivity index (χ2n) is 4.29. The quantitative estimate of drug-likeness (QED) is 0.637. The molecule has 2 rings (SSSR count). The van der Waals surface area contributed by atoms with Gasteiger partial charge in [0.05, 0.1) is 6.10 Å². The van der Waals surface area contributed by atoms with Crippen LogP contribution in [0.4, 0.5) is 0 Å². The van der Waals surface area contributed by atoms with Crippen LogP contribution in [-0.4, -0.2) is 31.6 Å². The molecular weight excluding hydrogens is 289 g/mol. The lowest BCUT2D eigenvalue weighted by Crippen LogP contribution is -2.27. The molecule has 0 saturated carbocycles. The van der Waals surface area contributed by atoms with Gasteiger partial charge in [0.25, 0.3) is 0 Å². The molecule has 1 aromatic rings. The fraction of sp³-hybridized carbons (Fsp3) is 0.538. The van der Waals surface area contributed by atoms with E-state index in [-0.39, 0.29) is 0 Å². The summed E-state index contributed by atoms with van der Waals surface area (Å²) in [6.45, 7) is 2.84. The summed E-state index contributed by atoms with van der Waals surface area (Å²) >= 11 is 13.7. The van der Waals surface area contributed by atoms with E-state index in [4.69, 9.17) is 27.9 Å². The lowest BCUT2D eigenvalue weighted by atomic mass is 10.2. The third-order valence-corrected chi connectivity index (χ3v) is 4.19. The first-order valence-electron chi connectivity index (χ1n) is 6.15. The number of hydrogen-bond acceptors (Lipinski definition) is 3. The van der Waals surface area contributed by atoms with E-state index in [1.165, 1.54) is 12.8 Å². The van der Waals surface area contributed by atoms with Crippen LogP contribution >= 0.6 is 35.0 Å². The molecule has 1 aliphatic heterocycles. The van der Waals surface area contributed by atoms with Crippen molar-refractivity contribution in [1.29, 1.82) is 0 Å². The number of rotatable bonds is 6. The molecule has 1 fully saturated rings. The third kappa shape index (κ3) is 4.98. The van der Waals surface area contributed by atoms with Gasteiger partial charge < -0.3 is 10.1 Å². The first kappa shape index (κ1) is 14.5. The van der Waals surface area contributed by atoms with Crippen molar-refractivity contribution in [2.24, 2.45) is 0 Å². The fourth-order valence-corrected chi connectivity index (χ4v) is 3.48. The summed E-state index contributed by atoms with van der Waals surface area (Å²) in [5.41, 5.74) is 0. The highest BCUT2D eigenvalue weighted by Crippen LogP contribution is 2.26. The van der Waals surface area contributed by atoms with Crippen molar-refractivity contribution in [3.63, 3.8) is 0 Å². The van der Waals surface area contributed by atoms with Crippen molar-refractivity contribution in [1.82, 2.24) is 5.32 Å². The molecule has 5 heteroatoms. The summed E-state index contributed by atoms with van der Waals surface area (Å²) in [7, 11) is 0. The fourth-order valence-electron chi connectivity index (χ4n) is 1.92. The maximum Gasteiger partial charge on any atom is 0.0700 e. The molecule has 1 N–H and O–H groups in total. The number of nitrogens with one attached hydrogen (secondary N) is 1. The molecule has 2 nitrogen and oxygen atoms in total.